The van der Waals surface area contributed by atoms with Gasteiger partial charge < -0.3 is 15.8 Å². The number of hydrogen-bond donors (Lipinski definition) is 2. The van der Waals surface area contributed by atoms with E-state index in [9.17, 15) is 9.59 Å². The molecule has 2 rings (SSSR count). The van der Waals surface area contributed by atoms with E-state index in [1.165, 1.54) is 18.4 Å². The molecule has 0 spiro atoms. The topological polar surface area (TPSA) is 120 Å². The molecule has 0 aliphatic carbocycles. The Hall–Kier alpha value is -2.42. The molecule has 2 aromatic rings. The maximum Gasteiger partial charge on any atom is 0.341 e. The molecular formula is C11H12N4O4S. The molecule has 20 heavy (non-hydrogen) atoms. The van der Waals surface area contributed by atoms with Crippen molar-refractivity contribution in [2.75, 3.05) is 18.2 Å². The summed E-state index contributed by atoms with van der Waals surface area (Å²) in [5.74, 6) is -1.24. The summed E-state index contributed by atoms with van der Waals surface area (Å²) in [6.07, 6.45) is 0. The number of aromatic nitrogens is 2. The predicted molar refractivity (Wildman–Crippen MR) is 71.8 cm³/mol. The van der Waals surface area contributed by atoms with E-state index in [2.05, 4.69) is 20.3 Å². The van der Waals surface area contributed by atoms with Gasteiger partial charge in [-0.25, -0.2) is 9.42 Å². The van der Waals surface area contributed by atoms with Gasteiger partial charge in [0.25, 0.3) is 5.91 Å². The van der Waals surface area contributed by atoms with Crippen molar-refractivity contribution < 1.29 is 19.0 Å². The van der Waals surface area contributed by atoms with Crippen LogP contribution in [0.5, 0.6) is 0 Å². The fraction of sp³-hybridized carbons (Fsp3) is 0.273. The predicted octanol–water partition coefficient (Wildman–Crippen LogP) is 1.37. The highest BCUT2D eigenvalue weighted by Gasteiger charge is 2.24. The number of aryl methyl sites for hydroxylation is 1. The van der Waals surface area contributed by atoms with E-state index in [0.717, 1.165) is 10.4 Å². The number of nitrogens with zero attached hydrogens (tertiary/aromatic N) is 2. The average Bonchev–Trinajstić information content (AvgIpc) is 2.94. The minimum absolute atomic E-state index is 0.118. The van der Waals surface area contributed by atoms with Crippen molar-refractivity contribution in [1.82, 2.24) is 10.3 Å². The molecule has 106 valence electrons. The summed E-state index contributed by atoms with van der Waals surface area (Å²) in [6, 6.07) is 0. The van der Waals surface area contributed by atoms with Crippen LogP contribution in [0.25, 0.3) is 0 Å². The normalized spacial score (nSPS) is 10.3. The number of nitrogens with one attached hydrogen (secondary N) is 1. The Kier molecular flexibility index (Phi) is 3.70. The fourth-order valence-corrected chi connectivity index (χ4v) is 2.62. The average molecular weight is 296 g/mol. The second kappa shape index (κ2) is 5.29. The van der Waals surface area contributed by atoms with Gasteiger partial charge in [-0.15, -0.1) is 11.3 Å². The maximum atomic E-state index is 12.0. The highest BCUT2D eigenvalue weighted by atomic mass is 32.1. The number of carbonyl (C=O) groups excluding carboxylic acids is 2. The zero-order valence-electron chi connectivity index (χ0n) is 11.0. The Morgan fingerprint density at radius 2 is 2.05 bits per heavy atom. The fourth-order valence-electron chi connectivity index (χ4n) is 1.58. The molecule has 0 aromatic carbocycles. The highest BCUT2D eigenvalue weighted by Crippen LogP contribution is 2.33. The molecular weight excluding hydrogens is 284 g/mol. The van der Waals surface area contributed by atoms with E-state index in [0.29, 0.717) is 10.6 Å². The van der Waals surface area contributed by atoms with Crippen LogP contribution in [0.1, 0.15) is 31.3 Å². The van der Waals surface area contributed by atoms with Gasteiger partial charge in [0.1, 0.15) is 5.00 Å². The number of carbonyl (C=O) groups is 2. The van der Waals surface area contributed by atoms with Crippen LogP contribution in [-0.2, 0) is 4.74 Å². The molecule has 0 saturated heterocycles. The number of rotatable bonds is 3. The molecule has 0 unspecified atom stereocenters. The van der Waals surface area contributed by atoms with Crippen LogP contribution in [0.3, 0.4) is 0 Å². The van der Waals surface area contributed by atoms with Crippen LogP contribution in [-0.4, -0.2) is 29.3 Å². The number of methoxy groups -OCH3 is 1. The van der Waals surface area contributed by atoms with Crippen molar-refractivity contribution in [3.8, 4) is 0 Å². The van der Waals surface area contributed by atoms with E-state index in [1.807, 2.05) is 6.92 Å². The molecule has 0 aliphatic heterocycles. The Morgan fingerprint density at radius 1 is 1.35 bits per heavy atom. The molecule has 8 nitrogen and oxygen atoms in total. The summed E-state index contributed by atoms with van der Waals surface area (Å²) < 4.78 is 9.07. The lowest BCUT2D eigenvalue weighted by atomic mass is 10.1. The van der Waals surface area contributed by atoms with E-state index >= 15 is 0 Å². The Balaban J connectivity index is 2.35. The smallest absolute Gasteiger partial charge is 0.341 e. The zero-order valence-corrected chi connectivity index (χ0v) is 11.8. The number of ether oxygens (including phenoxy) is 1. The number of esters is 1. The van der Waals surface area contributed by atoms with Gasteiger partial charge in [-0.2, -0.15) is 0 Å². The van der Waals surface area contributed by atoms with Crippen molar-refractivity contribution in [3.63, 3.8) is 0 Å². The van der Waals surface area contributed by atoms with Crippen LogP contribution in [0.4, 0.5) is 10.8 Å². The lowest BCUT2D eigenvalue weighted by Crippen LogP contribution is -2.16. The summed E-state index contributed by atoms with van der Waals surface area (Å²) in [6.45, 7) is 3.62. The molecule has 0 saturated carbocycles. The van der Waals surface area contributed by atoms with Crippen molar-refractivity contribution in [2.24, 2.45) is 0 Å². The summed E-state index contributed by atoms with van der Waals surface area (Å²) >= 11 is 1.26. The van der Waals surface area contributed by atoms with Crippen molar-refractivity contribution in [3.05, 3.63) is 21.7 Å². The summed E-state index contributed by atoms with van der Waals surface area (Å²) in [7, 11) is 1.28. The van der Waals surface area contributed by atoms with E-state index < -0.39 is 11.9 Å². The molecule has 0 radical (unpaired) electrons. The third kappa shape index (κ3) is 2.35. The maximum absolute atomic E-state index is 12.0. The molecule has 0 atom stereocenters. The zero-order chi connectivity index (χ0) is 14.9. The van der Waals surface area contributed by atoms with Gasteiger partial charge in [-0.1, -0.05) is 0 Å². The lowest BCUT2D eigenvalue weighted by Gasteiger charge is -2.04. The SMILES string of the molecule is COC(=O)c1c(NC(=O)c2nonc2N)sc(C)c1C. The van der Waals surface area contributed by atoms with Crippen molar-refractivity contribution in [1.29, 1.82) is 0 Å². The number of anilines is 2. The Morgan fingerprint density at radius 3 is 2.60 bits per heavy atom. The van der Waals surface area contributed by atoms with Gasteiger partial charge in [0.15, 0.2) is 0 Å². The van der Waals surface area contributed by atoms with Gasteiger partial charge in [0.05, 0.1) is 12.7 Å². The molecule has 1 amide bonds. The first-order valence-corrected chi connectivity index (χ1v) is 6.35. The van der Waals surface area contributed by atoms with Crippen molar-refractivity contribution in [2.45, 2.75) is 13.8 Å². The molecule has 2 aromatic heterocycles. The van der Waals surface area contributed by atoms with Crippen molar-refractivity contribution >= 4 is 34.0 Å². The van der Waals surface area contributed by atoms with Crippen LogP contribution >= 0.6 is 11.3 Å². The summed E-state index contributed by atoms with van der Waals surface area (Å²) in [4.78, 5) is 24.6. The minimum Gasteiger partial charge on any atom is -0.465 e. The number of thiophene rings is 1. The second-order valence-corrected chi connectivity index (χ2v) is 5.16. The number of amides is 1. The number of hydrogen-bond acceptors (Lipinski definition) is 8. The summed E-state index contributed by atoms with van der Waals surface area (Å²) in [5, 5.41) is 9.66. The molecule has 0 aliphatic rings. The van der Waals surface area contributed by atoms with Crippen LogP contribution < -0.4 is 11.1 Å². The molecule has 2 heterocycles. The molecule has 0 bridgehead atoms. The quantitative estimate of drug-likeness (QED) is 0.820. The van der Waals surface area contributed by atoms with E-state index in [-0.39, 0.29) is 11.5 Å². The lowest BCUT2D eigenvalue weighted by molar-refractivity contribution is 0.0601. The van der Waals surface area contributed by atoms with Gasteiger partial charge in [-0.05, 0) is 29.7 Å². The first kappa shape index (κ1) is 14.0. The minimum atomic E-state index is -0.602. The monoisotopic (exact) mass is 296 g/mol. The molecule has 3 N–H and O–H groups in total. The Bertz CT molecular complexity index is 676. The van der Waals surface area contributed by atoms with Gasteiger partial charge in [0, 0.05) is 4.88 Å². The third-order valence-corrected chi connectivity index (χ3v) is 3.85. The van der Waals surface area contributed by atoms with Gasteiger partial charge >= 0.3 is 5.97 Å². The molecule has 0 fully saturated rings. The number of nitrogen functional groups attached to an aromatic ring is 1. The van der Waals surface area contributed by atoms with E-state index in [1.54, 1.807) is 6.92 Å². The van der Waals surface area contributed by atoms with Gasteiger partial charge in [0.2, 0.25) is 11.5 Å². The third-order valence-electron chi connectivity index (χ3n) is 2.73. The number of nitrogens with two attached hydrogens (primary N) is 1. The first-order valence-electron chi connectivity index (χ1n) is 5.53. The van der Waals surface area contributed by atoms with E-state index in [4.69, 9.17) is 10.5 Å². The Labute approximate surface area is 117 Å². The first-order chi connectivity index (χ1) is 9.45. The van der Waals surface area contributed by atoms with Crippen LogP contribution in [0.15, 0.2) is 4.63 Å². The van der Waals surface area contributed by atoms with Crippen LogP contribution in [0.2, 0.25) is 0 Å². The second-order valence-electron chi connectivity index (χ2n) is 3.93. The largest absolute Gasteiger partial charge is 0.465 e. The highest BCUT2D eigenvalue weighted by molar-refractivity contribution is 7.16. The van der Waals surface area contributed by atoms with Gasteiger partial charge in [-0.3, -0.25) is 4.79 Å². The van der Waals surface area contributed by atoms with Crippen LogP contribution in [0, 0.1) is 13.8 Å². The standard InChI is InChI=1S/C11H12N4O4S/c1-4-5(2)20-10(6(4)11(17)18-3)13-9(16)7-8(12)15-19-14-7/h1-3H3,(H2,12,15)(H,13,16). The molecule has 9 heteroatoms. The summed E-state index contributed by atoms with van der Waals surface area (Å²) in [5.41, 5.74) is 6.37.